The van der Waals surface area contributed by atoms with Gasteiger partial charge in [-0.1, -0.05) is 30.4 Å². The molecule has 1 saturated heterocycles. The quantitative estimate of drug-likeness (QED) is 0.329. The van der Waals surface area contributed by atoms with Gasteiger partial charge in [-0.25, -0.2) is 0 Å². The van der Waals surface area contributed by atoms with Gasteiger partial charge in [-0.3, -0.25) is 14.5 Å². The third-order valence-electron chi connectivity index (χ3n) is 6.27. The molecule has 0 aromatic heterocycles. The monoisotopic (exact) mass is 492 g/mol. The zero-order valence-corrected chi connectivity index (χ0v) is 20.9. The lowest BCUT2D eigenvalue weighted by Crippen LogP contribution is -2.48. The van der Waals surface area contributed by atoms with Gasteiger partial charge in [0.2, 0.25) is 0 Å². The van der Waals surface area contributed by atoms with Crippen LogP contribution in [0, 0.1) is 11.8 Å². The van der Waals surface area contributed by atoms with Gasteiger partial charge < -0.3 is 20.3 Å². The highest BCUT2D eigenvalue weighted by atomic mass is 16.5. The van der Waals surface area contributed by atoms with Crippen molar-refractivity contribution in [3.8, 4) is 11.8 Å². The van der Waals surface area contributed by atoms with E-state index in [1.54, 1.807) is 24.3 Å². The maximum absolute atomic E-state index is 12.4. The molecule has 2 aromatic carbocycles. The Morgan fingerprint density at radius 1 is 0.972 bits per heavy atom. The number of ketones is 1. The third kappa shape index (κ3) is 8.89. The summed E-state index contributed by atoms with van der Waals surface area (Å²) in [6.07, 6.45) is 3.60. The average molecular weight is 493 g/mol. The fourth-order valence-electron chi connectivity index (χ4n) is 4.06. The molecule has 192 valence electrons. The van der Waals surface area contributed by atoms with E-state index in [0.29, 0.717) is 5.56 Å². The van der Waals surface area contributed by atoms with Crippen LogP contribution in [-0.2, 0) is 16.0 Å². The molecule has 7 heteroatoms. The Kier molecular flexibility index (Phi) is 11.1. The molecule has 0 radical (unpaired) electrons. The molecule has 3 rings (SSSR count). The number of morpholine rings is 1. The number of Topliss-reactive ketones (excluding diaryl/α,β-unsaturated/α-hetero) is 1. The Hall–Kier alpha value is -3.02. The highest BCUT2D eigenvalue weighted by Gasteiger charge is 2.25. The first-order chi connectivity index (χ1) is 17.5. The van der Waals surface area contributed by atoms with Crippen LogP contribution in [0.15, 0.2) is 48.5 Å². The number of nitrogens with one attached hydrogen (secondary N) is 1. The third-order valence-corrected chi connectivity index (χ3v) is 6.27. The molecule has 1 amide bonds. The Balaban J connectivity index is 1.44. The lowest BCUT2D eigenvalue weighted by Gasteiger charge is -2.26. The second-order valence-electron chi connectivity index (χ2n) is 9.11. The zero-order valence-electron chi connectivity index (χ0n) is 20.9. The summed E-state index contributed by atoms with van der Waals surface area (Å²) in [5.74, 6) is 5.11. The molecule has 0 spiro atoms. The minimum absolute atomic E-state index is 0.339. The van der Waals surface area contributed by atoms with E-state index in [4.69, 9.17) is 9.84 Å². The molecular formula is C29H36N2O5. The summed E-state index contributed by atoms with van der Waals surface area (Å²) in [6, 6.07) is 13.9. The van der Waals surface area contributed by atoms with Crippen molar-refractivity contribution in [1.82, 2.24) is 10.2 Å². The van der Waals surface area contributed by atoms with E-state index in [0.717, 1.165) is 50.4 Å². The molecule has 0 unspecified atom stereocenters. The number of aryl methyl sites for hydroxylation is 1. The van der Waals surface area contributed by atoms with Gasteiger partial charge in [-0.15, -0.1) is 0 Å². The van der Waals surface area contributed by atoms with Crippen molar-refractivity contribution < 1.29 is 24.5 Å². The van der Waals surface area contributed by atoms with E-state index in [1.807, 2.05) is 12.1 Å². The molecule has 36 heavy (non-hydrogen) atoms. The fourth-order valence-corrected chi connectivity index (χ4v) is 4.06. The van der Waals surface area contributed by atoms with Gasteiger partial charge in [0.05, 0.1) is 19.3 Å². The van der Waals surface area contributed by atoms with Gasteiger partial charge in [0.1, 0.15) is 12.6 Å². The number of aliphatic hydroxyl groups is 2. The Morgan fingerprint density at radius 2 is 1.58 bits per heavy atom. The van der Waals surface area contributed by atoms with E-state index < -0.39 is 30.4 Å². The molecule has 3 N–H and O–H groups in total. The number of carbonyl (C=O) groups excluding carboxylic acids is 2. The standard InChI is InChI=1S/C29H36N2O5/c1-22(33)28(27(34)21-32)30-29(35)26-14-12-25(13-15-26)11-10-24-8-6-23(7-9-24)5-3-2-4-16-31-17-19-36-20-18-31/h6-9,12-15,22,28,32-33H,2-5,16-21H2,1H3,(H,30,35)/t22-,28+/m1/s1. The van der Waals surface area contributed by atoms with Crippen LogP contribution in [0.1, 0.15) is 53.2 Å². The second kappa shape index (κ2) is 14.5. The summed E-state index contributed by atoms with van der Waals surface area (Å²) < 4.78 is 5.39. The van der Waals surface area contributed by atoms with Crippen LogP contribution in [0.3, 0.4) is 0 Å². The normalized spacial score (nSPS) is 15.4. The average Bonchev–Trinajstić information content (AvgIpc) is 2.91. The summed E-state index contributed by atoms with van der Waals surface area (Å²) in [5.41, 5.74) is 3.34. The highest BCUT2D eigenvalue weighted by Crippen LogP contribution is 2.10. The van der Waals surface area contributed by atoms with Crippen molar-refractivity contribution >= 4 is 11.7 Å². The lowest BCUT2D eigenvalue weighted by atomic mass is 10.0. The molecule has 0 bridgehead atoms. The lowest BCUT2D eigenvalue weighted by molar-refractivity contribution is -0.125. The largest absolute Gasteiger partial charge is 0.391 e. The van der Waals surface area contributed by atoms with Crippen LogP contribution in [0.2, 0.25) is 0 Å². The summed E-state index contributed by atoms with van der Waals surface area (Å²) in [6.45, 7) is 5.63. The SMILES string of the molecule is C[C@@H](O)[C@H](NC(=O)c1ccc(C#Cc2ccc(CCCCCN3CCOCC3)cc2)cc1)C(=O)CO. The molecule has 1 heterocycles. The summed E-state index contributed by atoms with van der Waals surface area (Å²) in [5, 5.41) is 21.2. The number of amides is 1. The Labute approximate surface area is 213 Å². The maximum Gasteiger partial charge on any atom is 0.251 e. The number of nitrogens with zero attached hydrogens (tertiary/aromatic N) is 1. The van der Waals surface area contributed by atoms with E-state index >= 15 is 0 Å². The van der Waals surface area contributed by atoms with Crippen LogP contribution in [0.4, 0.5) is 0 Å². The summed E-state index contributed by atoms with van der Waals surface area (Å²) in [4.78, 5) is 26.6. The predicted molar refractivity (Wildman–Crippen MR) is 139 cm³/mol. The first kappa shape index (κ1) is 27.6. The van der Waals surface area contributed by atoms with Crippen LogP contribution < -0.4 is 5.32 Å². The number of rotatable bonds is 11. The van der Waals surface area contributed by atoms with Crippen molar-refractivity contribution in [2.75, 3.05) is 39.5 Å². The minimum atomic E-state index is -1.15. The molecule has 1 aliphatic rings. The molecule has 2 atom stereocenters. The smallest absolute Gasteiger partial charge is 0.251 e. The summed E-state index contributed by atoms with van der Waals surface area (Å²) >= 11 is 0. The highest BCUT2D eigenvalue weighted by molar-refractivity contribution is 5.98. The zero-order chi connectivity index (χ0) is 25.8. The van der Waals surface area contributed by atoms with Crippen LogP contribution >= 0.6 is 0 Å². The molecular weight excluding hydrogens is 456 g/mol. The summed E-state index contributed by atoms with van der Waals surface area (Å²) in [7, 11) is 0. The topological polar surface area (TPSA) is 99.1 Å². The van der Waals surface area contributed by atoms with Crippen LogP contribution in [0.5, 0.6) is 0 Å². The molecule has 1 aliphatic heterocycles. The van der Waals surface area contributed by atoms with Crippen LogP contribution in [-0.4, -0.2) is 78.4 Å². The van der Waals surface area contributed by atoms with Crippen molar-refractivity contribution in [1.29, 1.82) is 0 Å². The molecule has 0 aliphatic carbocycles. The molecule has 2 aromatic rings. The first-order valence-electron chi connectivity index (χ1n) is 12.6. The van der Waals surface area contributed by atoms with Gasteiger partial charge in [0.15, 0.2) is 5.78 Å². The van der Waals surface area contributed by atoms with Crippen LogP contribution in [0.25, 0.3) is 0 Å². The number of benzene rings is 2. The Morgan fingerprint density at radius 3 is 2.17 bits per heavy atom. The van der Waals surface area contributed by atoms with E-state index in [-0.39, 0.29) is 0 Å². The molecule has 1 fully saturated rings. The predicted octanol–water partition coefficient (Wildman–Crippen LogP) is 2.17. The van der Waals surface area contributed by atoms with Gasteiger partial charge in [0, 0.05) is 29.8 Å². The number of hydrogen-bond donors (Lipinski definition) is 3. The maximum atomic E-state index is 12.4. The van der Waals surface area contributed by atoms with Gasteiger partial charge in [0.25, 0.3) is 5.91 Å². The first-order valence-corrected chi connectivity index (χ1v) is 12.6. The van der Waals surface area contributed by atoms with Crippen molar-refractivity contribution in [2.45, 2.75) is 44.8 Å². The van der Waals surface area contributed by atoms with E-state index in [9.17, 15) is 14.7 Å². The van der Waals surface area contributed by atoms with Gasteiger partial charge >= 0.3 is 0 Å². The van der Waals surface area contributed by atoms with Crippen molar-refractivity contribution in [2.24, 2.45) is 0 Å². The van der Waals surface area contributed by atoms with Gasteiger partial charge in [-0.05, 0) is 74.7 Å². The minimum Gasteiger partial charge on any atom is -0.391 e. The number of carbonyl (C=O) groups is 2. The fraction of sp³-hybridized carbons (Fsp3) is 0.448. The number of unbranched alkanes of at least 4 members (excludes halogenated alkanes) is 2. The van der Waals surface area contributed by atoms with Crippen molar-refractivity contribution in [3.05, 3.63) is 70.8 Å². The van der Waals surface area contributed by atoms with Crippen molar-refractivity contribution in [3.63, 3.8) is 0 Å². The second-order valence-corrected chi connectivity index (χ2v) is 9.11. The van der Waals surface area contributed by atoms with E-state index in [2.05, 4.69) is 34.2 Å². The molecule has 7 nitrogen and oxygen atoms in total. The number of aliphatic hydroxyl groups excluding tert-OH is 2. The Bertz CT molecular complexity index is 1030. The van der Waals surface area contributed by atoms with Gasteiger partial charge in [-0.2, -0.15) is 0 Å². The number of ether oxygens (including phenoxy) is 1. The molecule has 0 saturated carbocycles. The number of hydrogen-bond acceptors (Lipinski definition) is 6. The van der Waals surface area contributed by atoms with E-state index in [1.165, 1.54) is 31.7 Å².